The van der Waals surface area contributed by atoms with E-state index in [2.05, 4.69) is 15.9 Å². The van der Waals surface area contributed by atoms with E-state index in [1.807, 2.05) is 18.2 Å². The van der Waals surface area contributed by atoms with Crippen LogP contribution < -0.4 is 0 Å². The predicted octanol–water partition coefficient (Wildman–Crippen LogP) is 3.54. The Morgan fingerprint density at radius 1 is 1.50 bits per heavy atom. The van der Waals surface area contributed by atoms with E-state index in [1.165, 1.54) is 6.07 Å². The summed E-state index contributed by atoms with van der Waals surface area (Å²) in [7, 11) is 0. The summed E-state index contributed by atoms with van der Waals surface area (Å²) < 4.78 is 13.0. The molecular weight excluding hydrogens is 219 g/mol. The van der Waals surface area contributed by atoms with Gasteiger partial charge in [0.15, 0.2) is 0 Å². The second-order valence-electron chi connectivity index (χ2n) is 2.57. The van der Waals surface area contributed by atoms with Crippen LogP contribution in [0, 0.1) is 12.7 Å². The highest BCUT2D eigenvalue weighted by molar-refractivity contribution is 9.09. The summed E-state index contributed by atoms with van der Waals surface area (Å²) in [6.07, 6.45) is 3.82. The Kier molecular flexibility index (Phi) is 3.48. The lowest BCUT2D eigenvalue weighted by Gasteiger charge is -1.96. The molecule has 0 spiro atoms. The topological polar surface area (TPSA) is 0 Å². The standard InChI is InChI=1S/C10H10BrF/c1-8-4-5-9(3-2-6-11)7-10(8)12/h2-5,7H,6H2,1H3. The van der Waals surface area contributed by atoms with E-state index in [0.29, 0.717) is 5.56 Å². The summed E-state index contributed by atoms with van der Waals surface area (Å²) in [6.45, 7) is 1.76. The number of hydrogen-bond acceptors (Lipinski definition) is 0. The molecule has 0 saturated carbocycles. The highest BCUT2D eigenvalue weighted by atomic mass is 79.9. The first-order chi connectivity index (χ1) is 5.74. The molecule has 0 aliphatic heterocycles. The van der Waals surface area contributed by atoms with Crippen molar-refractivity contribution >= 4 is 22.0 Å². The lowest BCUT2D eigenvalue weighted by atomic mass is 10.1. The molecule has 0 radical (unpaired) electrons. The van der Waals surface area contributed by atoms with Gasteiger partial charge in [-0.15, -0.1) is 0 Å². The molecule has 1 rings (SSSR count). The van der Waals surface area contributed by atoms with E-state index in [4.69, 9.17) is 0 Å². The Morgan fingerprint density at radius 2 is 2.25 bits per heavy atom. The van der Waals surface area contributed by atoms with Crippen LogP contribution in [0.2, 0.25) is 0 Å². The Hall–Kier alpha value is -0.630. The molecule has 0 saturated heterocycles. The summed E-state index contributed by atoms with van der Waals surface area (Å²) in [4.78, 5) is 0. The largest absolute Gasteiger partial charge is 0.207 e. The summed E-state index contributed by atoms with van der Waals surface area (Å²) >= 11 is 3.26. The molecule has 0 bridgehead atoms. The summed E-state index contributed by atoms with van der Waals surface area (Å²) in [5.41, 5.74) is 1.59. The summed E-state index contributed by atoms with van der Waals surface area (Å²) in [5.74, 6) is -0.147. The van der Waals surface area contributed by atoms with Crippen LogP contribution in [-0.2, 0) is 0 Å². The first kappa shape index (κ1) is 9.46. The van der Waals surface area contributed by atoms with Crippen molar-refractivity contribution in [3.63, 3.8) is 0 Å². The van der Waals surface area contributed by atoms with E-state index in [0.717, 1.165) is 10.9 Å². The number of halogens is 2. The van der Waals surface area contributed by atoms with E-state index in [-0.39, 0.29) is 5.82 Å². The van der Waals surface area contributed by atoms with Crippen molar-refractivity contribution in [3.05, 3.63) is 41.2 Å². The van der Waals surface area contributed by atoms with Crippen LogP contribution in [0.1, 0.15) is 11.1 Å². The first-order valence-corrected chi connectivity index (χ1v) is 4.85. The average molecular weight is 229 g/mol. The zero-order chi connectivity index (χ0) is 8.97. The fraction of sp³-hybridized carbons (Fsp3) is 0.200. The molecule has 0 atom stereocenters. The Balaban J connectivity index is 2.89. The van der Waals surface area contributed by atoms with Crippen molar-refractivity contribution < 1.29 is 4.39 Å². The van der Waals surface area contributed by atoms with Crippen molar-refractivity contribution in [1.29, 1.82) is 0 Å². The third-order valence-corrected chi connectivity index (χ3v) is 1.97. The molecule has 64 valence electrons. The number of alkyl halides is 1. The van der Waals surface area contributed by atoms with E-state index in [9.17, 15) is 4.39 Å². The molecular formula is C10H10BrF. The number of benzene rings is 1. The van der Waals surface area contributed by atoms with Gasteiger partial charge in [-0.25, -0.2) is 4.39 Å². The fourth-order valence-corrected chi connectivity index (χ4v) is 1.08. The molecule has 1 aromatic rings. The van der Waals surface area contributed by atoms with Crippen LogP contribution in [0.4, 0.5) is 4.39 Å². The van der Waals surface area contributed by atoms with Gasteiger partial charge in [0.05, 0.1) is 0 Å². The highest BCUT2D eigenvalue weighted by Crippen LogP contribution is 2.10. The van der Waals surface area contributed by atoms with Crippen molar-refractivity contribution in [2.24, 2.45) is 0 Å². The molecule has 0 amide bonds. The Morgan fingerprint density at radius 3 is 2.83 bits per heavy atom. The average Bonchev–Trinajstić information content (AvgIpc) is 2.07. The second kappa shape index (κ2) is 4.41. The minimum Gasteiger partial charge on any atom is -0.207 e. The molecule has 12 heavy (non-hydrogen) atoms. The molecule has 0 N–H and O–H groups in total. The molecule has 0 aliphatic carbocycles. The maximum absolute atomic E-state index is 13.0. The Bertz CT molecular complexity index is 292. The van der Waals surface area contributed by atoms with Gasteiger partial charge < -0.3 is 0 Å². The second-order valence-corrected chi connectivity index (χ2v) is 3.21. The number of allylic oxidation sites excluding steroid dienone is 1. The molecule has 0 nitrogen and oxygen atoms in total. The van der Waals surface area contributed by atoms with Crippen LogP contribution in [0.5, 0.6) is 0 Å². The van der Waals surface area contributed by atoms with Gasteiger partial charge in [0.1, 0.15) is 5.82 Å². The molecule has 0 unspecified atom stereocenters. The summed E-state index contributed by atoms with van der Waals surface area (Å²) in [5, 5.41) is 0.794. The molecule has 0 fully saturated rings. The van der Waals surface area contributed by atoms with Crippen LogP contribution in [0.25, 0.3) is 6.08 Å². The zero-order valence-electron chi connectivity index (χ0n) is 6.85. The monoisotopic (exact) mass is 228 g/mol. The third-order valence-electron chi connectivity index (χ3n) is 1.60. The first-order valence-electron chi connectivity index (χ1n) is 3.72. The number of hydrogen-bond donors (Lipinski definition) is 0. The molecule has 2 heteroatoms. The van der Waals surface area contributed by atoms with Gasteiger partial charge in [-0.3, -0.25) is 0 Å². The minimum atomic E-state index is -0.147. The van der Waals surface area contributed by atoms with Gasteiger partial charge in [0.25, 0.3) is 0 Å². The van der Waals surface area contributed by atoms with Crippen molar-refractivity contribution in [2.45, 2.75) is 6.92 Å². The van der Waals surface area contributed by atoms with E-state index < -0.39 is 0 Å². The lowest BCUT2D eigenvalue weighted by molar-refractivity contribution is 0.618. The van der Waals surface area contributed by atoms with Crippen molar-refractivity contribution in [2.75, 3.05) is 5.33 Å². The number of rotatable bonds is 2. The van der Waals surface area contributed by atoms with Gasteiger partial charge >= 0.3 is 0 Å². The smallest absolute Gasteiger partial charge is 0.126 e. The third kappa shape index (κ3) is 2.45. The number of aryl methyl sites for hydroxylation is 1. The van der Waals surface area contributed by atoms with Gasteiger partial charge in [-0.1, -0.05) is 40.2 Å². The van der Waals surface area contributed by atoms with E-state index >= 15 is 0 Å². The van der Waals surface area contributed by atoms with Gasteiger partial charge in [0, 0.05) is 5.33 Å². The normalized spacial score (nSPS) is 10.9. The van der Waals surface area contributed by atoms with Crippen LogP contribution in [0.3, 0.4) is 0 Å². The van der Waals surface area contributed by atoms with Gasteiger partial charge in [0.2, 0.25) is 0 Å². The predicted molar refractivity (Wildman–Crippen MR) is 54.0 cm³/mol. The van der Waals surface area contributed by atoms with Gasteiger partial charge in [-0.2, -0.15) is 0 Å². The molecule has 0 aliphatic rings. The Labute approximate surface area is 80.2 Å². The van der Waals surface area contributed by atoms with Crippen LogP contribution >= 0.6 is 15.9 Å². The molecule has 1 aromatic carbocycles. The summed E-state index contributed by atoms with van der Waals surface area (Å²) in [6, 6.07) is 5.22. The highest BCUT2D eigenvalue weighted by Gasteiger charge is 1.95. The SMILES string of the molecule is Cc1ccc(C=CCBr)cc1F. The zero-order valence-corrected chi connectivity index (χ0v) is 8.44. The quantitative estimate of drug-likeness (QED) is 0.680. The maximum Gasteiger partial charge on any atom is 0.126 e. The minimum absolute atomic E-state index is 0.147. The van der Waals surface area contributed by atoms with Crippen LogP contribution in [0.15, 0.2) is 24.3 Å². The lowest BCUT2D eigenvalue weighted by Crippen LogP contribution is -1.82. The fourth-order valence-electron chi connectivity index (χ4n) is 0.893. The van der Waals surface area contributed by atoms with Crippen LogP contribution in [-0.4, -0.2) is 5.33 Å². The maximum atomic E-state index is 13.0. The van der Waals surface area contributed by atoms with Gasteiger partial charge in [-0.05, 0) is 24.1 Å². The van der Waals surface area contributed by atoms with Crippen molar-refractivity contribution in [3.8, 4) is 0 Å². The molecule has 0 heterocycles. The van der Waals surface area contributed by atoms with Crippen molar-refractivity contribution in [1.82, 2.24) is 0 Å². The van der Waals surface area contributed by atoms with E-state index in [1.54, 1.807) is 13.0 Å². The molecule has 0 aromatic heterocycles.